The van der Waals surface area contributed by atoms with E-state index in [2.05, 4.69) is 67.6 Å². The molecule has 0 amide bonds. The molecule has 3 aliphatic carbocycles. The molecule has 3 aliphatic rings. The summed E-state index contributed by atoms with van der Waals surface area (Å²) in [6, 6.07) is 9.01. The second-order valence-electron chi connectivity index (χ2n) is 6.38. The van der Waals surface area contributed by atoms with Gasteiger partial charge < -0.3 is 24.8 Å². The molecule has 0 aromatic heterocycles. The van der Waals surface area contributed by atoms with Crippen molar-refractivity contribution in [2.24, 2.45) is 17.8 Å². The number of allylic oxidation sites excluding steroid dienone is 5. The van der Waals surface area contributed by atoms with E-state index in [0.29, 0.717) is 0 Å². The molecular weight excluding hydrogens is 390 g/mol. The van der Waals surface area contributed by atoms with E-state index in [9.17, 15) is 0 Å². The van der Waals surface area contributed by atoms with E-state index in [1.165, 1.54) is 12.0 Å². The predicted octanol–water partition coefficient (Wildman–Crippen LogP) is -0.968. The van der Waals surface area contributed by atoms with Gasteiger partial charge in [-0.1, -0.05) is 0 Å². The molecule has 0 nitrogen and oxygen atoms in total. The van der Waals surface area contributed by atoms with E-state index >= 15 is 0 Å². The Hall–Kier alpha value is -0.0969. The zero-order chi connectivity index (χ0) is 13.5. The quantitative estimate of drug-likeness (QED) is 0.589. The fourth-order valence-electron chi connectivity index (χ4n) is 4.12. The minimum atomic E-state index is -0.453. The number of halogens is 2. The molecule has 0 saturated heterocycles. The molecule has 114 valence electrons. The van der Waals surface area contributed by atoms with Crippen LogP contribution >= 0.6 is 0 Å². The summed E-state index contributed by atoms with van der Waals surface area (Å²) in [4.78, 5) is 0. The van der Waals surface area contributed by atoms with Gasteiger partial charge in [0.2, 0.25) is 0 Å². The first-order chi connectivity index (χ1) is 9.83. The van der Waals surface area contributed by atoms with Crippen LogP contribution in [0.5, 0.6) is 0 Å². The Bertz CT molecular complexity index is 605. The topological polar surface area (TPSA) is 0 Å². The largest absolute Gasteiger partial charge is 1.00 e. The average molecular weight is 410 g/mol. The maximum absolute atomic E-state index is 2.50. The van der Waals surface area contributed by atoms with Crippen molar-refractivity contribution in [3.8, 4) is 0 Å². The van der Waals surface area contributed by atoms with Crippen LogP contribution in [-0.4, -0.2) is 0 Å². The minimum absolute atomic E-state index is 0. The third-order valence-electron chi connectivity index (χ3n) is 5.14. The van der Waals surface area contributed by atoms with E-state index in [-0.39, 0.29) is 24.8 Å². The molecule has 0 heterocycles. The van der Waals surface area contributed by atoms with E-state index in [1.807, 2.05) is 0 Å². The van der Waals surface area contributed by atoms with Gasteiger partial charge in [-0.15, -0.1) is 0 Å². The van der Waals surface area contributed by atoms with Gasteiger partial charge in [0.1, 0.15) is 0 Å². The number of benzene rings is 1. The molecule has 0 radical (unpaired) electrons. The molecule has 1 fully saturated rings. The van der Waals surface area contributed by atoms with Crippen molar-refractivity contribution in [3.05, 3.63) is 65.8 Å². The van der Waals surface area contributed by atoms with Crippen molar-refractivity contribution < 1.29 is 48.0 Å². The Morgan fingerprint density at radius 3 is 2.64 bits per heavy atom. The SMILES string of the molecule is CC1CC2C=CC=CC2[CH]1[Zr+2][CH]1C=Cc2ccccc21.[Cl-].[Cl-]. The molecule has 22 heavy (non-hydrogen) atoms. The molecule has 4 rings (SSSR count). The molecule has 0 aliphatic heterocycles. The van der Waals surface area contributed by atoms with Crippen molar-refractivity contribution >= 4 is 6.08 Å². The van der Waals surface area contributed by atoms with Gasteiger partial charge in [-0.25, -0.2) is 0 Å². The maximum atomic E-state index is 2.50. The summed E-state index contributed by atoms with van der Waals surface area (Å²) in [5.41, 5.74) is 3.09. The Morgan fingerprint density at radius 2 is 1.77 bits per heavy atom. The van der Waals surface area contributed by atoms with Crippen molar-refractivity contribution in [2.45, 2.75) is 20.6 Å². The maximum Gasteiger partial charge on any atom is -1.00 e. The normalized spacial score (nSPS) is 33.4. The third kappa shape index (κ3) is 3.23. The van der Waals surface area contributed by atoms with Crippen LogP contribution in [0.3, 0.4) is 0 Å². The van der Waals surface area contributed by atoms with Crippen LogP contribution in [0.1, 0.15) is 28.1 Å². The fourth-order valence-corrected chi connectivity index (χ4v) is 9.31. The monoisotopic (exact) mass is 408 g/mol. The molecule has 0 bridgehead atoms. The van der Waals surface area contributed by atoms with Gasteiger partial charge >= 0.3 is 133 Å². The van der Waals surface area contributed by atoms with Crippen LogP contribution in [0.4, 0.5) is 0 Å². The van der Waals surface area contributed by atoms with E-state index in [0.717, 1.165) is 25.0 Å². The summed E-state index contributed by atoms with van der Waals surface area (Å²) in [7, 11) is 0. The third-order valence-corrected chi connectivity index (χ3v) is 10.6. The minimum Gasteiger partial charge on any atom is -1.00 e. The fraction of sp³-hybridized carbons (Fsp3) is 0.368. The average Bonchev–Trinajstić information content (AvgIpc) is 3.02. The molecular formula is C19H20Cl2Zr. The Balaban J connectivity index is 0.000000882. The standard InChI is InChI=1S/C10H13.C9H7.2ClH.Zr/c1-8-6-9-4-2-3-5-10(9)7-8;1-2-5-9-7-3-6-8(9)4-1;;;/h2-6,8-10H,7H2,1H3;1-7H;2*1H;/q;;;;+2/p-2. The van der Waals surface area contributed by atoms with Crippen LogP contribution in [0, 0.1) is 17.8 Å². The summed E-state index contributed by atoms with van der Waals surface area (Å²) in [5, 5.41) is 0. The van der Waals surface area contributed by atoms with Gasteiger partial charge in [0.25, 0.3) is 0 Å². The van der Waals surface area contributed by atoms with Gasteiger partial charge in [-0.2, -0.15) is 0 Å². The number of hydrogen-bond donors (Lipinski definition) is 0. The summed E-state index contributed by atoms with van der Waals surface area (Å²) >= 11 is -0.453. The van der Waals surface area contributed by atoms with Gasteiger partial charge in [-0.05, 0) is 0 Å². The van der Waals surface area contributed by atoms with Crippen LogP contribution in [0.15, 0.2) is 54.6 Å². The smallest absolute Gasteiger partial charge is 1.00 e. The van der Waals surface area contributed by atoms with Crippen molar-refractivity contribution in [3.63, 3.8) is 0 Å². The number of rotatable bonds is 2. The molecule has 5 unspecified atom stereocenters. The first-order valence-corrected chi connectivity index (χ1v) is 10.5. The van der Waals surface area contributed by atoms with Crippen LogP contribution < -0.4 is 24.8 Å². The summed E-state index contributed by atoms with van der Waals surface area (Å²) < 4.78 is 1.81. The summed E-state index contributed by atoms with van der Waals surface area (Å²) in [6.07, 6.45) is 15.8. The Kier molecular flexibility index (Phi) is 6.34. The number of hydrogen-bond acceptors (Lipinski definition) is 0. The van der Waals surface area contributed by atoms with Crippen molar-refractivity contribution in [1.82, 2.24) is 0 Å². The van der Waals surface area contributed by atoms with Crippen LogP contribution in [0.2, 0.25) is 3.63 Å². The Morgan fingerprint density at radius 1 is 1.00 bits per heavy atom. The van der Waals surface area contributed by atoms with Gasteiger partial charge in [0.05, 0.1) is 0 Å². The molecule has 0 N–H and O–H groups in total. The first-order valence-electron chi connectivity index (χ1n) is 7.71. The van der Waals surface area contributed by atoms with Gasteiger partial charge in [-0.3, -0.25) is 0 Å². The molecule has 1 saturated carbocycles. The zero-order valence-corrected chi connectivity index (χ0v) is 16.6. The summed E-state index contributed by atoms with van der Waals surface area (Å²) in [5.74, 6) is 2.61. The van der Waals surface area contributed by atoms with E-state index in [1.54, 1.807) is 5.56 Å². The molecule has 1 aromatic rings. The van der Waals surface area contributed by atoms with Crippen LogP contribution in [-0.2, 0) is 23.2 Å². The van der Waals surface area contributed by atoms with E-state index in [4.69, 9.17) is 0 Å². The Labute approximate surface area is 157 Å². The van der Waals surface area contributed by atoms with Crippen molar-refractivity contribution in [2.75, 3.05) is 0 Å². The first kappa shape index (κ1) is 18.2. The second kappa shape index (κ2) is 7.65. The summed E-state index contributed by atoms with van der Waals surface area (Å²) in [6.45, 7) is 2.50. The molecule has 3 heteroatoms. The van der Waals surface area contributed by atoms with Gasteiger partial charge in [0, 0.05) is 0 Å². The zero-order valence-electron chi connectivity index (χ0n) is 12.6. The van der Waals surface area contributed by atoms with E-state index < -0.39 is 23.2 Å². The molecule has 1 aromatic carbocycles. The molecule has 0 spiro atoms. The second-order valence-corrected chi connectivity index (χ2v) is 10.4. The molecule has 5 atom stereocenters. The number of fused-ring (bicyclic) bond motifs is 2. The van der Waals surface area contributed by atoms with Crippen LogP contribution in [0.25, 0.3) is 6.08 Å². The predicted molar refractivity (Wildman–Crippen MR) is 81.0 cm³/mol. The van der Waals surface area contributed by atoms with Crippen molar-refractivity contribution in [1.29, 1.82) is 0 Å². The van der Waals surface area contributed by atoms with Gasteiger partial charge in [0.15, 0.2) is 0 Å².